The van der Waals surface area contributed by atoms with E-state index in [1.54, 1.807) is 31.4 Å². The first-order valence-electron chi connectivity index (χ1n) is 8.82. The number of hydrogen-bond donors (Lipinski definition) is 1. The van der Waals surface area contributed by atoms with Crippen molar-refractivity contribution in [3.8, 4) is 0 Å². The zero-order valence-electron chi connectivity index (χ0n) is 15.4. The van der Waals surface area contributed by atoms with Gasteiger partial charge >= 0.3 is 0 Å². The molecule has 0 aliphatic heterocycles. The van der Waals surface area contributed by atoms with Gasteiger partial charge < -0.3 is 10.1 Å². The minimum atomic E-state index is -0.418. The number of ether oxygens (including phenoxy) is 1. The van der Waals surface area contributed by atoms with Crippen LogP contribution >= 0.6 is 0 Å². The molecule has 5 heteroatoms. The monoisotopic (exact) mass is 377 g/mol. The highest BCUT2D eigenvalue weighted by Gasteiger charge is 2.18. The molecule has 0 atom stereocenters. The molecule has 0 fully saturated rings. The number of carbonyl (C=O) groups is 2. The molecule has 0 radical (unpaired) electrons. The standard InChI is InChI=1S/C23H20FNO3/c1-28-15-17-8-6-16(7-9-17)14-25-23(27)21-5-3-2-4-20(21)22(26)18-10-12-19(24)13-11-18/h2-13H,14-15H2,1H3,(H,25,27). The molecule has 3 rings (SSSR count). The van der Waals surface area contributed by atoms with Crippen LogP contribution in [-0.4, -0.2) is 18.8 Å². The van der Waals surface area contributed by atoms with Crippen LogP contribution in [0.25, 0.3) is 0 Å². The highest BCUT2D eigenvalue weighted by Crippen LogP contribution is 2.16. The van der Waals surface area contributed by atoms with Gasteiger partial charge in [-0.15, -0.1) is 0 Å². The van der Waals surface area contributed by atoms with Crippen LogP contribution in [0.5, 0.6) is 0 Å². The molecule has 0 aromatic heterocycles. The van der Waals surface area contributed by atoms with Gasteiger partial charge in [-0.25, -0.2) is 4.39 Å². The summed E-state index contributed by atoms with van der Waals surface area (Å²) in [5, 5.41) is 2.84. The van der Waals surface area contributed by atoms with Crippen molar-refractivity contribution in [2.75, 3.05) is 7.11 Å². The summed E-state index contributed by atoms with van der Waals surface area (Å²) in [7, 11) is 1.64. The van der Waals surface area contributed by atoms with Gasteiger partial charge in [0.05, 0.1) is 12.2 Å². The second-order valence-corrected chi connectivity index (χ2v) is 6.31. The molecule has 3 aromatic carbocycles. The molecule has 4 nitrogen and oxygen atoms in total. The summed E-state index contributed by atoms with van der Waals surface area (Å²) in [5.74, 6) is -1.08. The predicted molar refractivity (Wildman–Crippen MR) is 105 cm³/mol. The second kappa shape index (κ2) is 9.06. The quantitative estimate of drug-likeness (QED) is 0.630. The largest absolute Gasteiger partial charge is 0.380 e. The van der Waals surface area contributed by atoms with Crippen LogP contribution in [-0.2, 0) is 17.9 Å². The van der Waals surface area contributed by atoms with Crippen LogP contribution in [0.2, 0.25) is 0 Å². The van der Waals surface area contributed by atoms with Crippen molar-refractivity contribution in [1.82, 2.24) is 5.32 Å². The summed E-state index contributed by atoms with van der Waals surface area (Å²) in [6, 6.07) is 19.6. The third-order valence-corrected chi connectivity index (χ3v) is 4.31. The smallest absolute Gasteiger partial charge is 0.252 e. The summed E-state index contributed by atoms with van der Waals surface area (Å²) in [6.07, 6.45) is 0. The first-order valence-corrected chi connectivity index (χ1v) is 8.82. The number of nitrogens with one attached hydrogen (secondary N) is 1. The number of benzene rings is 3. The number of amides is 1. The minimum Gasteiger partial charge on any atom is -0.380 e. The first kappa shape index (κ1) is 19.5. The molecule has 0 heterocycles. The molecule has 1 N–H and O–H groups in total. The molecule has 1 amide bonds. The number of methoxy groups -OCH3 is 1. The van der Waals surface area contributed by atoms with E-state index in [-0.39, 0.29) is 22.8 Å². The van der Waals surface area contributed by atoms with Crippen LogP contribution in [0.3, 0.4) is 0 Å². The fourth-order valence-electron chi connectivity index (χ4n) is 2.83. The normalized spacial score (nSPS) is 10.5. The first-order chi connectivity index (χ1) is 13.6. The lowest BCUT2D eigenvalue weighted by atomic mass is 9.98. The third-order valence-electron chi connectivity index (χ3n) is 4.31. The topological polar surface area (TPSA) is 55.4 Å². The second-order valence-electron chi connectivity index (χ2n) is 6.31. The molecule has 0 spiro atoms. The van der Waals surface area contributed by atoms with Gasteiger partial charge in [-0.05, 0) is 41.5 Å². The van der Waals surface area contributed by atoms with Gasteiger partial charge in [0.2, 0.25) is 0 Å². The van der Waals surface area contributed by atoms with Crippen LogP contribution in [0.4, 0.5) is 4.39 Å². The van der Waals surface area contributed by atoms with E-state index in [0.717, 1.165) is 11.1 Å². The van der Waals surface area contributed by atoms with E-state index in [9.17, 15) is 14.0 Å². The number of halogens is 1. The highest BCUT2D eigenvalue weighted by molar-refractivity contribution is 6.15. The molecular formula is C23H20FNO3. The van der Waals surface area contributed by atoms with E-state index in [2.05, 4.69) is 5.32 Å². The Morgan fingerprint density at radius 2 is 1.46 bits per heavy atom. The summed E-state index contributed by atoms with van der Waals surface area (Å²) < 4.78 is 18.2. The fraction of sp³-hybridized carbons (Fsp3) is 0.130. The highest BCUT2D eigenvalue weighted by atomic mass is 19.1. The molecule has 3 aromatic rings. The Balaban J connectivity index is 1.73. The molecular weight excluding hydrogens is 357 g/mol. The number of carbonyl (C=O) groups excluding carboxylic acids is 2. The van der Waals surface area contributed by atoms with Crippen LogP contribution in [0, 0.1) is 5.82 Å². The molecule has 0 aliphatic rings. The summed E-state index contributed by atoms with van der Waals surface area (Å²) in [4.78, 5) is 25.4. The maximum Gasteiger partial charge on any atom is 0.252 e. The third kappa shape index (κ3) is 4.69. The van der Waals surface area contributed by atoms with Crippen LogP contribution < -0.4 is 5.32 Å². The van der Waals surface area contributed by atoms with E-state index >= 15 is 0 Å². The average Bonchev–Trinajstić information content (AvgIpc) is 2.73. The molecule has 0 bridgehead atoms. The zero-order valence-corrected chi connectivity index (χ0v) is 15.4. The summed E-state index contributed by atoms with van der Waals surface area (Å²) in [5.41, 5.74) is 2.88. The van der Waals surface area contributed by atoms with Gasteiger partial charge in [-0.1, -0.05) is 42.5 Å². The number of rotatable bonds is 7. The maximum atomic E-state index is 13.1. The van der Waals surface area contributed by atoms with E-state index < -0.39 is 5.82 Å². The van der Waals surface area contributed by atoms with Crippen molar-refractivity contribution in [3.63, 3.8) is 0 Å². The lowest BCUT2D eigenvalue weighted by Crippen LogP contribution is -2.25. The molecule has 0 saturated carbocycles. The zero-order chi connectivity index (χ0) is 19.9. The Kier molecular flexibility index (Phi) is 6.29. The molecule has 0 unspecified atom stereocenters. The van der Waals surface area contributed by atoms with Crippen LogP contribution in [0.15, 0.2) is 72.8 Å². The lowest BCUT2D eigenvalue weighted by molar-refractivity contribution is 0.0939. The van der Waals surface area contributed by atoms with Crippen molar-refractivity contribution >= 4 is 11.7 Å². The lowest BCUT2D eigenvalue weighted by Gasteiger charge is -2.10. The van der Waals surface area contributed by atoms with E-state index in [1.807, 2.05) is 24.3 Å². The molecule has 28 heavy (non-hydrogen) atoms. The average molecular weight is 377 g/mol. The van der Waals surface area contributed by atoms with Gasteiger partial charge in [0.15, 0.2) is 5.78 Å². The van der Waals surface area contributed by atoms with Crippen molar-refractivity contribution in [2.45, 2.75) is 13.2 Å². The number of ketones is 1. The fourth-order valence-corrected chi connectivity index (χ4v) is 2.83. The molecule has 0 aliphatic carbocycles. The van der Waals surface area contributed by atoms with Crippen molar-refractivity contribution in [1.29, 1.82) is 0 Å². The maximum absolute atomic E-state index is 13.1. The Labute approximate surface area is 163 Å². The van der Waals surface area contributed by atoms with E-state index in [4.69, 9.17) is 4.74 Å². The van der Waals surface area contributed by atoms with Crippen LogP contribution in [0.1, 0.15) is 37.4 Å². The van der Waals surface area contributed by atoms with Gasteiger partial charge in [0, 0.05) is 24.8 Å². The van der Waals surface area contributed by atoms with Gasteiger partial charge in [-0.2, -0.15) is 0 Å². The van der Waals surface area contributed by atoms with Crippen molar-refractivity contribution in [3.05, 3.63) is 106 Å². The Morgan fingerprint density at radius 1 is 0.857 bits per heavy atom. The summed E-state index contributed by atoms with van der Waals surface area (Å²) in [6.45, 7) is 0.872. The van der Waals surface area contributed by atoms with Crippen molar-refractivity contribution < 1.29 is 18.7 Å². The van der Waals surface area contributed by atoms with Gasteiger partial charge in [0.1, 0.15) is 5.82 Å². The van der Waals surface area contributed by atoms with Gasteiger partial charge in [-0.3, -0.25) is 9.59 Å². The Bertz CT molecular complexity index is 966. The van der Waals surface area contributed by atoms with E-state index in [0.29, 0.717) is 18.7 Å². The minimum absolute atomic E-state index is 0.280. The van der Waals surface area contributed by atoms with Gasteiger partial charge in [0.25, 0.3) is 5.91 Å². The summed E-state index contributed by atoms with van der Waals surface area (Å²) >= 11 is 0. The Hall–Kier alpha value is -3.31. The molecule has 142 valence electrons. The predicted octanol–water partition coefficient (Wildman–Crippen LogP) is 4.13. The van der Waals surface area contributed by atoms with Crippen molar-refractivity contribution in [2.24, 2.45) is 0 Å². The molecule has 0 saturated heterocycles. The SMILES string of the molecule is COCc1ccc(CNC(=O)c2ccccc2C(=O)c2ccc(F)cc2)cc1. The Morgan fingerprint density at radius 3 is 2.11 bits per heavy atom. The number of hydrogen-bond acceptors (Lipinski definition) is 3. The van der Waals surface area contributed by atoms with E-state index in [1.165, 1.54) is 24.3 Å².